The Morgan fingerprint density at radius 3 is 2.43 bits per heavy atom. The molecule has 1 aliphatic carbocycles. The summed E-state index contributed by atoms with van der Waals surface area (Å²) in [4.78, 5) is 13.1. The van der Waals surface area contributed by atoms with Gasteiger partial charge in [0.25, 0.3) is 0 Å². The van der Waals surface area contributed by atoms with Gasteiger partial charge in [-0.25, -0.2) is 0 Å². The summed E-state index contributed by atoms with van der Waals surface area (Å²) >= 11 is 0. The van der Waals surface area contributed by atoms with E-state index in [1.54, 1.807) is 19.0 Å². The average molecular weight is 198 g/mol. The first-order valence-corrected chi connectivity index (χ1v) is 5.29. The summed E-state index contributed by atoms with van der Waals surface area (Å²) < 4.78 is 0. The molecule has 0 aliphatic heterocycles. The lowest BCUT2D eigenvalue weighted by Crippen LogP contribution is -2.42. The number of likely N-dealkylation sites (N-methyl/N-ethyl adjacent to an activating group) is 1. The van der Waals surface area contributed by atoms with Crippen LogP contribution in [-0.2, 0) is 4.79 Å². The second-order valence-electron chi connectivity index (χ2n) is 5.25. The van der Waals surface area contributed by atoms with E-state index in [0.29, 0.717) is 5.41 Å². The minimum atomic E-state index is -0.0543. The van der Waals surface area contributed by atoms with Gasteiger partial charge in [-0.05, 0) is 31.2 Å². The van der Waals surface area contributed by atoms with Crippen LogP contribution in [0.3, 0.4) is 0 Å². The van der Waals surface area contributed by atoms with Crippen LogP contribution in [0.15, 0.2) is 0 Å². The molecule has 0 radical (unpaired) electrons. The standard InChI is InChI=1S/C11H22N2O/c1-8(10(14)13(4)5)12-7-9-6-11(9,2)3/h8-9,12H,6-7H2,1-5H3. The van der Waals surface area contributed by atoms with Crippen LogP contribution in [0.2, 0.25) is 0 Å². The van der Waals surface area contributed by atoms with E-state index in [1.807, 2.05) is 6.92 Å². The molecule has 0 aromatic carbocycles. The van der Waals surface area contributed by atoms with Crippen molar-refractivity contribution in [1.29, 1.82) is 0 Å². The highest BCUT2D eigenvalue weighted by Crippen LogP contribution is 2.50. The van der Waals surface area contributed by atoms with Crippen LogP contribution >= 0.6 is 0 Å². The van der Waals surface area contributed by atoms with Gasteiger partial charge in [0.1, 0.15) is 0 Å². The van der Waals surface area contributed by atoms with Gasteiger partial charge in [0.05, 0.1) is 6.04 Å². The number of carbonyl (C=O) groups excluding carboxylic acids is 1. The largest absolute Gasteiger partial charge is 0.347 e. The molecule has 0 heterocycles. The molecule has 0 spiro atoms. The highest BCUT2D eigenvalue weighted by atomic mass is 16.2. The minimum absolute atomic E-state index is 0.0543. The predicted octanol–water partition coefficient (Wildman–Crippen LogP) is 1.10. The molecule has 3 heteroatoms. The number of hydrogen-bond donors (Lipinski definition) is 1. The van der Waals surface area contributed by atoms with Crippen molar-refractivity contribution in [3.05, 3.63) is 0 Å². The van der Waals surface area contributed by atoms with Crippen LogP contribution in [0.4, 0.5) is 0 Å². The van der Waals surface area contributed by atoms with Crippen molar-refractivity contribution in [1.82, 2.24) is 10.2 Å². The molecule has 0 aromatic heterocycles. The maximum absolute atomic E-state index is 11.5. The van der Waals surface area contributed by atoms with E-state index >= 15 is 0 Å². The average Bonchev–Trinajstić information content (AvgIpc) is 2.68. The normalized spacial score (nSPS) is 25.6. The van der Waals surface area contributed by atoms with Crippen molar-refractivity contribution in [2.24, 2.45) is 11.3 Å². The molecular weight excluding hydrogens is 176 g/mol. The van der Waals surface area contributed by atoms with Crippen molar-refractivity contribution in [3.63, 3.8) is 0 Å². The van der Waals surface area contributed by atoms with Crippen LogP contribution < -0.4 is 5.32 Å². The molecule has 3 nitrogen and oxygen atoms in total. The summed E-state index contributed by atoms with van der Waals surface area (Å²) in [6.45, 7) is 7.45. The summed E-state index contributed by atoms with van der Waals surface area (Å²) in [5.74, 6) is 0.906. The molecule has 1 fully saturated rings. The molecule has 82 valence electrons. The summed E-state index contributed by atoms with van der Waals surface area (Å²) in [6.07, 6.45) is 1.28. The van der Waals surface area contributed by atoms with Crippen LogP contribution in [0.25, 0.3) is 0 Å². The molecule has 1 N–H and O–H groups in total. The number of nitrogens with one attached hydrogen (secondary N) is 1. The van der Waals surface area contributed by atoms with Crippen molar-refractivity contribution in [2.45, 2.75) is 33.2 Å². The second kappa shape index (κ2) is 3.89. The molecule has 0 saturated heterocycles. The summed E-state index contributed by atoms with van der Waals surface area (Å²) in [5, 5.41) is 3.29. The summed E-state index contributed by atoms with van der Waals surface area (Å²) in [6, 6.07) is -0.0543. The van der Waals surface area contributed by atoms with Gasteiger partial charge in [0, 0.05) is 14.1 Å². The zero-order valence-electron chi connectivity index (χ0n) is 9.92. The fourth-order valence-corrected chi connectivity index (χ4v) is 1.72. The topological polar surface area (TPSA) is 32.3 Å². The van der Waals surface area contributed by atoms with Gasteiger partial charge in [-0.1, -0.05) is 13.8 Å². The third kappa shape index (κ3) is 2.71. The molecule has 1 saturated carbocycles. The Morgan fingerprint density at radius 2 is 2.07 bits per heavy atom. The number of hydrogen-bond acceptors (Lipinski definition) is 2. The fourth-order valence-electron chi connectivity index (χ4n) is 1.72. The van der Waals surface area contributed by atoms with Gasteiger partial charge in [0.15, 0.2) is 0 Å². The molecule has 1 amide bonds. The first-order valence-electron chi connectivity index (χ1n) is 5.29. The van der Waals surface area contributed by atoms with Crippen LogP contribution in [0.5, 0.6) is 0 Å². The van der Waals surface area contributed by atoms with Crippen molar-refractivity contribution < 1.29 is 4.79 Å². The van der Waals surface area contributed by atoms with Crippen molar-refractivity contribution in [3.8, 4) is 0 Å². The van der Waals surface area contributed by atoms with Gasteiger partial charge in [-0.3, -0.25) is 4.79 Å². The first kappa shape index (κ1) is 11.5. The number of nitrogens with zero attached hydrogens (tertiary/aromatic N) is 1. The monoisotopic (exact) mass is 198 g/mol. The Morgan fingerprint density at radius 1 is 1.57 bits per heavy atom. The SMILES string of the molecule is CC(NCC1CC1(C)C)C(=O)N(C)C. The maximum Gasteiger partial charge on any atom is 0.238 e. The Hall–Kier alpha value is -0.570. The van der Waals surface area contributed by atoms with E-state index < -0.39 is 0 Å². The zero-order valence-corrected chi connectivity index (χ0v) is 9.92. The Bertz CT molecular complexity index is 223. The van der Waals surface area contributed by atoms with E-state index in [2.05, 4.69) is 19.2 Å². The summed E-state index contributed by atoms with van der Waals surface area (Å²) in [5.41, 5.74) is 0.494. The maximum atomic E-state index is 11.5. The molecule has 14 heavy (non-hydrogen) atoms. The van der Waals surface area contributed by atoms with Crippen LogP contribution in [0, 0.1) is 11.3 Å². The lowest BCUT2D eigenvalue weighted by Gasteiger charge is -2.18. The third-order valence-corrected chi connectivity index (χ3v) is 3.20. The molecule has 1 aliphatic rings. The van der Waals surface area contributed by atoms with E-state index in [1.165, 1.54) is 6.42 Å². The highest BCUT2D eigenvalue weighted by Gasteiger charge is 2.45. The molecule has 2 unspecified atom stereocenters. The Labute approximate surface area is 86.9 Å². The third-order valence-electron chi connectivity index (χ3n) is 3.20. The smallest absolute Gasteiger partial charge is 0.238 e. The van der Waals surface area contributed by atoms with Crippen LogP contribution in [0.1, 0.15) is 27.2 Å². The Balaban J connectivity index is 2.22. The van der Waals surface area contributed by atoms with Gasteiger partial charge < -0.3 is 10.2 Å². The van der Waals surface area contributed by atoms with E-state index in [-0.39, 0.29) is 11.9 Å². The number of amides is 1. The quantitative estimate of drug-likeness (QED) is 0.733. The number of carbonyl (C=O) groups is 1. The van der Waals surface area contributed by atoms with Gasteiger partial charge in [0.2, 0.25) is 5.91 Å². The van der Waals surface area contributed by atoms with Crippen molar-refractivity contribution >= 4 is 5.91 Å². The predicted molar refractivity (Wildman–Crippen MR) is 58.0 cm³/mol. The van der Waals surface area contributed by atoms with Gasteiger partial charge in [-0.15, -0.1) is 0 Å². The molecular formula is C11H22N2O. The zero-order chi connectivity index (χ0) is 10.9. The van der Waals surface area contributed by atoms with E-state index in [4.69, 9.17) is 0 Å². The Kier molecular flexibility index (Phi) is 3.20. The molecule has 2 atom stereocenters. The van der Waals surface area contributed by atoms with E-state index in [0.717, 1.165) is 12.5 Å². The number of rotatable bonds is 4. The van der Waals surface area contributed by atoms with Gasteiger partial charge in [-0.2, -0.15) is 0 Å². The lowest BCUT2D eigenvalue weighted by atomic mass is 10.1. The first-order chi connectivity index (χ1) is 6.34. The minimum Gasteiger partial charge on any atom is -0.347 e. The second-order valence-corrected chi connectivity index (χ2v) is 5.25. The highest BCUT2D eigenvalue weighted by molar-refractivity contribution is 5.80. The van der Waals surface area contributed by atoms with E-state index in [9.17, 15) is 4.79 Å². The van der Waals surface area contributed by atoms with Crippen molar-refractivity contribution in [2.75, 3.05) is 20.6 Å². The van der Waals surface area contributed by atoms with Gasteiger partial charge >= 0.3 is 0 Å². The molecule has 0 bridgehead atoms. The lowest BCUT2D eigenvalue weighted by molar-refractivity contribution is -0.130. The summed E-state index contributed by atoms with van der Waals surface area (Å²) in [7, 11) is 3.59. The fraction of sp³-hybridized carbons (Fsp3) is 0.909. The molecule has 0 aromatic rings. The molecule has 1 rings (SSSR count). The van der Waals surface area contributed by atoms with Crippen LogP contribution in [-0.4, -0.2) is 37.5 Å².